The van der Waals surface area contributed by atoms with Gasteiger partial charge in [0.2, 0.25) is 5.95 Å². The molecule has 1 aromatic carbocycles. The average Bonchev–Trinajstić information content (AvgIpc) is 2.56. The Morgan fingerprint density at radius 2 is 1.55 bits per heavy atom. The first-order valence-corrected chi connectivity index (χ1v) is 7.08. The van der Waals surface area contributed by atoms with E-state index in [1.54, 1.807) is 7.11 Å². The molecule has 0 amide bonds. The second-order valence-corrected chi connectivity index (χ2v) is 5.05. The van der Waals surface area contributed by atoms with Gasteiger partial charge in [-0.2, -0.15) is 0 Å². The predicted molar refractivity (Wildman–Crippen MR) is 80.1 cm³/mol. The maximum atomic E-state index is 5.17. The second kappa shape index (κ2) is 5.90. The van der Waals surface area contributed by atoms with Gasteiger partial charge in [-0.3, -0.25) is 0 Å². The number of hydrogen-bond acceptors (Lipinski definition) is 4. The van der Waals surface area contributed by atoms with Crippen molar-refractivity contribution in [3.63, 3.8) is 0 Å². The van der Waals surface area contributed by atoms with Crippen LogP contribution in [-0.4, -0.2) is 30.2 Å². The first kappa shape index (κ1) is 12.9. The lowest BCUT2D eigenvalue weighted by atomic mass is 10.1. The van der Waals surface area contributed by atoms with Crippen LogP contribution in [-0.2, 0) is 0 Å². The van der Waals surface area contributed by atoms with Gasteiger partial charge in [-0.05, 0) is 37.0 Å². The Morgan fingerprint density at radius 1 is 0.900 bits per heavy atom. The molecule has 0 unspecified atom stereocenters. The van der Waals surface area contributed by atoms with Crippen molar-refractivity contribution in [1.82, 2.24) is 9.97 Å². The topological polar surface area (TPSA) is 38.2 Å². The number of anilines is 1. The average molecular weight is 269 g/mol. The van der Waals surface area contributed by atoms with Crippen LogP contribution in [0.25, 0.3) is 11.1 Å². The lowest BCUT2D eigenvalue weighted by Gasteiger charge is -2.26. The molecule has 1 fully saturated rings. The molecule has 0 radical (unpaired) electrons. The highest BCUT2D eigenvalue weighted by Crippen LogP contribution is 2.22. The Balaban J connectivity index is 1.77. The molecule has 0 atom stereocenters. The molecule has 2 aromatic rings. The van der Waals surface area contributed by atoms with Crippen molar-refractivity contribution in [2.75, 3.05) is 25.1 Å². The van der Waals surface area contributed by atoms with E-state index in [2.05, 4.69) is 14.9 Å². The van der Waals surface area contributed by atoms with Gasteiger partial charge >= 0.3 is 0 Å². The zero-order valence-corrected chi connectivity index (χ0v) is 11.7. The van der Waals surface area contributed by atoms with E-state index in [0.717, 1.165) is 35.9 Å². The standard InChI is InChI=1S/C16H19N3O/c1-20-15-7-5-13(6-8-15)14-11-17-16(18-12-14)19-9-3-2-4-10-19/h5-8,11-12H,2-4,9-10H2,1H3. The van der Waals surface area contributed by atoms with Gasteiger partial charge in [0, 0.05) is 31.0 Å². The van der Waals surface area contributed by atoms with E-state index in [0.29, 0.717) is 0 Å². The summed E-state index contributed by atoms with van der Waals surface area (Å²) in [5.41, 5.74) is 2.14. The number of nitrogens with zero attached hydrogens (tertiary/aromatic N) is 3. The lowest BCUT2D eigenvalue weighted by molar-refractivity contribution is 0.415. The molecular weight excluding hydrogens is 250 g/mol. The molecule has 4 nitrogen and oxygen atoms in total. The van der Waals surface area contributed by atoms with Gasteiger partial charge in [0.25, 0.3) is 0 Å². The molecule has 1 saturated heterocycles. The summed E-state index contributed by atoms with van der Waals surface area (Å²) in [6.45, 7) is 2.14. The molecule has 0 saturated carbocycles. The molecule has 20 heavy (non-hydrogen) atoms. The molecule has 1 aliphatic rings. The maximum absolute atomic E-state index is 5.17. The molecule has 104 valence electrons. The molecule has 3 rings (SSSR count). The minimum absolute atomic E-state index is 0.849. The Morgan fingerprint density at radius 3 is 2.15 bits per heavy atom. The van der Waals surface area contributed by atoms with E-state index < -0.39 is 0 Å². The number of aromatic nitrogens is 2. The molecule has 0 aliphatic carbocycles. The van der Waals surface area contributed by atoms with Crippen LogP contribution in [0.4, 0.5) is 5.95 Å². The maximum Gasteiger partial charge on any atom is 0.225 e. The van der Waals surface area contributed by atoms with Crippen molar-refractivity contribution in [3.8, 4) is 16.9 Å². The van der Waals surface area contributed by atoms with Gasteiger partial charge in [-0.1, -0.05) is 12.1 Å². The fraction of sp³-hybridized carbons (Fsp3) is 0.375. The SMILES string of the molecule is COc1ccc(-c2cnc(N3CCCCC3)nc2)cc1. The van der Waals surface area contributed by atoms with Gasteiger partial charge in [0.15, 0.2) is 0 Å². The number of rotatable bonds is 3. The molecule has 4 heteroatoms. The van der Waals surface area contributed by atoms with E-state index in [4.69, 9.17) is 4.74 Å². The molecule has 0 N–H and O–H groups in total. The highest BCUT2D eigenvalue weighted by atomic mass is 16.5. The zero-order chi connectivity index (χ0) is 13.8. The van der Waals surface area contributed by atoms with Crippen molar-refractivity contribution in [2.24, 2.45) is 0 Å². The van der Waals surface area contributed by atoms with Gasteiger partial charge in [-0.15, -0.1) is 0 Å². The van der Waals surface area contributed by atoms with Crippen LogP contribution in [0.5, 0.6) is 5.75 Å². The third kappa shape index (κ3) is 2.74. The van der Waals surface area contributed by atoms with E-state index in [-0.39, 0.29) is 0 Å². The third-order valence-electron chi connectivity index (χ3n) is 3.70. The van der Waals surface area contributed by atoms with Gasteiger partial charge < -0.3 is 9.64 Å². The monoisotopic (exact) mass is 269 g/mol. The zero-order valence-electron chi connectivity index (χ0n) is 11.7. The molecule has 0 spiro atoms. The normalized spacial score (nSPS) is 15.2. The fourth-order valence-corrected chi connectivity index (χ4v) is 2.51. The first-order chi connectivity index (χ1) is 9.86. The van der Waals surface area contributed by atoms with E-state index in [1.165, 1.54) is 19.3 Å². The minimum Gasteiger partial charge on any atom is -0.497 e. The summed E-state index contributed by atoms with van der Waals surface area (Å²) < 4.78 is 5.17. The molecule has 2 heterocycles. The summed E-state index contributed by atoms with van der Waals surface area (Å²) in [7, 11) is 1.67. The van der Waals surface area contributed by atoms with Gasteiger partial charge in [0.05, 0.1) is 7.11 Å². The quantitative estimate of drug-likeness (QED) is 0.858. The van der Waals surface area contributed by atoms with Crippen LogP contribution in [0.15, 0.2) is 36.7 Å². The number of hydrogen-bond donors (Lipinski definition) is 0. The van der Waals surface area contributed by atoms with Crippen LogP contribution in [0.2, 0.25) is 0 Å². The van der Waals surface area contributed by atoms with Crippen LogP contribution >= 0.6 is 0 Å². The van der Waals surface area contributed by atoms with E-state index >= 15 is 0 Å². The number of ether oxygens (including phenoxy) is 1. The summed E-state index contributed by atoms with van der Waals surface area (Å²) in [4.78, 5) is 11.3. The molecule has 0 bridgehead atoms. The third-order valence-corrected chi connectivity index (χ3v) is 3.70. The van der Waals surface area contributed by atoms with Crippen molar-refractivity contribution in [2.45, 2.75) is 19.3 Å². The number of benzene rings is 1. The van der Waals surface area contributed by atoms with Gasteiger partial charge in [-0.25, -0.2) is 9.97 Å². The summed E-state index contributed by atoms with van der Waals surface area (Å²) in [6.07, 6.45) is 7.60. The Hall–Kier alpha value is -2.10. The first-order valence-electron chi connectivity index (χ1n) is 7.08. The molecular formula is C16H19N3O. The smallest absolute Gasteiger partial charge is 0.225 e. The largest absolute Gasteiger partial charge is 0.497 e. The highest BCUT2D eigenvalue weighted by molar-refractivity contribution is 5.62. The second-order valence-electron chi connectivity index (χ2n) is 5.05. The Kier molecular flexibility index (Phi) is 3.81. The molecule has 1 aliphatic heterocycles. The lowest BCUT2D eigenvalue weighted by Crippen LogP contribution is -2.30. The summed E-state index contributed by atoms with van der Waals surface area (Å²) in [6, 6.07) is 7.96. The van der Waals surface area contributed by atoms with Crippen molar-refractivity contribution >= 4 is 5.95 Å². The summed E-state index contributed by atoms with van der Waals surface area (Å²) in [5.74, 6) is 1.71. The van der Waals surface area contributed by atoms with Crippen molar-refractivity contribution in [3.05, 3.63) is 36.7 Å². The number of methoxy groups -OCH3 is 1. The van der Waals surface area contributed by atoms with Crippen LogP contribution < -0.4 is 9.64 Å². The van der Waals surface area contributed by atoms with Crippen LogP contribution in [0.3, 0.4) is 0 Å². The predicted octanol–water partition coefficient (Wildman–Crippen LogP) is 3.14. The van der Waals surface area contributed by atoms with E-state index in [9.17, 15) is 0 Å². The van der Waals surface area contributed by atoms with Crippen molar-refractivity contribution < 1.29 is 4.74 Å². The Labute approximate surface area is 119 Å². The fourth-order valence-electron chi connectivity index (χ4n) is 2.51. The Bertz CT molecular complexity index is 545. The van der Waals surface area contributed by atoms with E-state index in [1.807, 2.05) is 36.7 Å². The highest BCUT2D eigenvalue weighted by Gasteiger charge is 2.13. The minimum atomic E-state index is 0.849. The summed E-state index contributed by atoms with van der Waals surface area (Å²) >= 11 is 0. The van der Waals surface area contributed by atoms with Gasteiger partial charge in [0.1, 0.15) is 5.75 Å². The molecule has 1 aromatic heterocycles. The van der Waals surface area contributed by atoms with Crippen LogP contribution in [0.1, 0.15) is 19.3 Å². The number of piperidine rings is 1. The van der Waals surface area contributed by atoms with Crippen molar-refractivity contribution in [1.29, 1.82) is 0 Å². The summed E-state index contributed by atoms with van der Waals surface area (Å²) in [5, 5.41) is 0. The van der Waals surface area contributed by atoms with Crippen LogP contribution in [0, 0.1) is 0 Å².